The van der Waals surface area contributed by atoms with E-state index in [1.165, 1.54) is 12.3 Å². The SMILES string of the molecule is COc1ccc(C=CC=Nc2ccccc2[N+](=O)[O-])cc1. The molecule has 0 aliphatic carbocycles. The quantitative estimate of drug-likeness (QED) is 0.472. The molecule has 0 bridgehead atoms. The molecule has 0 atom stereocenters. The Labute approximate surface area is 122 Å². The number of hydrogen-bond donors (Lipinski definition) is 0. The van der Waals surface area contributed by atoms with Crippen molar-refractivity contribution in [2.45, 2.75) is 0 Å². The normalized spacial score (nSPS) is 11.1. The first kappa shape index (κ1) is 14.5. The fraction of sp³-hybridized carbons (Fsp3) is 0.0625. The largest absolute Gasteiger partial charge is 0.497 e. The zero-order valence-electron chi connectivity index (χ0n) is 11.5. The topological polar surface area (TPSA) is 64.7 Å². The van der Waals surface area contributed by atoms with Crippen molar-refractivity contribution in [2.75, 3.05) is 7.11 Å². The molecule has 0 heterocycles. The van der Waals surface area contributed by atoms with Crippen LogP contribution in [0.5, 0.6) is 5.75 Å². The van der Waals surface area contributed by atoms with E-state index in [0.29, 0.717) is 5.69 Å². The van der Waals surface area contributed by atoms with Crippen molar-refractivity contribution in [1.82, 2.24) is 0 Å². The average Bonchev–Trinajstić information content (AvgIpc) is 2.52. The van der Waals surface area contributed by atoms with Crippen molar-refractivity contribution < 1.29 is 9.66 Å². The highest BCUT2D eigenvalue weighted by molar-refractivity contribution is 5.81. The van der Waals surface area contributed by atoms with Gasteiger partial charge in [-0.3, -0.25) is 10.1 Å². The van der Waals surface area contributed by atoms with Crippen LogP contribution in [0.4, 0.5) is 11.4 Å². The van der Waals surface area contributed by atoms with Crippen LogP contribution < -0.4 is 4.74 Å². The third kappa shape index (κ3) is 4.01. The second kappa shape index (κ2) is 7.00. The zero-order valence-corrected chi connectivity index (χ0v) is 11.5. The number of para-hydroxylation sites is 2. The van der Waals surface area contributed by atoms with Crippen LogP contribution in [0.2, 0.25) is 0 Å². The smallest absolute Gasteiger partial charge is 0.294 e. The van der Waals surface area contributed by atoms with Crippen LogP contribution in [-0.2, 0) is 0 Å². The number of nitrogens with zero attached hydrogens (tertiary/aromatic N) is 2. The van der Waals surface area contributed by atoms with Gasteiger partial charge in [-0.2, -0.15) is 0 Å². The van der Waals surface area contributed by atoms with E-state index in [4.69, 9.17) is 4.74 Å². The van der Waals surface area contributed by atoms with Crippen LogP contribution >= 0.6 is 0 Å². The third-order valence-electron chi connectivity index (χ3n) is 2.78. The number of benzene rings is 2. The predicted molar refractivity (Wildman–Crippen MR) is 83.3 cm³/mol. The molecule has 2 aromatic rings. The second-order valence-corrected chi connectivity index (χ2v) is 4.16. The minimum atomic E-state index is -0.445. The van der Waals surface area contributed by atoms with Crippen LogP contribution in [0.15, 0.2) is 59.6 Å². The number of ether oxygens (including phenoxy) is 1. The van der Waals surface area contributed by atoms with Crippen molar-refractivity contribution in [3.8, 4) is 5.75 Å². The van der Waals surface area contributed by atoms with Gasteiger partial charge < -0.3 is 4.74 Å². The molecule has 0 amide bonds. The Hall–Kier alpha value is -2.95. The Morgan fingerprint density at radius 1 is 1.14 bits per heavy atom. The van der Waals surface area contributed by atoms with Crippen LogP contribution in [-0.4, -0.2) is 18.2 Å². The van der Waals surface area contributed by atoms with E-state index in [1.54, 1.807) is 31.4 Å². The lowest BCUT2D eigenvalue weighted by Gasteiger charge is -1.98. The van der Waals surface area contributed by atoms with Gasteiger partial charge in [0.15, 0.2) is 0 Å². The van der Waals surface area contributed by atoms with E-state index in [1.807, 2.05) is 30.3 Å². The predicted octanol–water partition coefficient (Wildman–Crippen LogP) is 4.02. The highest BCUT2D eigenvalue weighted by Crippen LogP contribution is 2.25. The maximum Gasteiger partial charge on any atom is 0.294 e. The Morgan fingerprint density at radius 2 is 1.86 bits per heavy atom. The first-order valence-electron chi connectivity index (χ1n) is 6.29. The maximum atomic E-state index is 10.8. The molecule has 0 spiro atoms. The molecule has 5 nitrogen and oxygen atoms in total. The summed E-state index contributed by atoms with van der Waals surface area (Å²) in [6, 6.07) is 13.9. The summed E-state index contributed by atoms with van der Waals surface area (Å²) in [5, 5.41) is 10.8. The van der Waals surface area contributed by atoms with E-state index in [-0.39, 0.29) is 5.69 Å². The summed E-state index contributed by atoms with van der Waals surface area (Å²) >= 11 is 0. The number of nitro benzene ring substituents is 1. The molecule has 0 radical (unpaired) electrons. The van der Waals surface area contributed by atoms with Crippen molar-refractivity contribution in [3.63, 3.8) is 0 Å². The molecular formula is C16H14N2O3. The minimum Gasteiger partial charge on any atom is -0.497 e. The average molecular weight is 282 g/mol. The van der Waals surface area contributed by atoms with E-state index in [2.05, 4.69) is 4.99 Å². The van der Waals surface area contributed by atoms with E-state index < -0.39 is 4.92 Å². The monoisotopic (exact) mass is 282 g/mol. The van der Waals surface area contributed by atoms with Crippen LogP contribution in [0.25, 0.3) is 6.08 Å². The summed E-state index contributed by atoms with van der Waals surface area (Å²) in [6.07, 6.45) is 5.13. The number of nitro groups is 1. The Kier molecular flexibility index (Phi) is 4.82. The van der Waals surface area contributed by atoms with Crippen molar-refractivity contribution in [3.05, 3.63) is 70.3 Å². The molecule has 0 N–H and O–H groups in total. The molecule has 2 aromatic carbocycles. The Morgan fingerprint density at radius 3 is 2.52 bits per heavy atom. The van der Waals surface area contributed by atoms with Gasteiger partial charge >= 0.3 is 0 Å². The fourth-order valence-corrected chi connectivity index (χ4v) is 1.72. The molecule has 0 fully saturated rings. The summed E-state index contributed by atoms with van der Waals surface area (Å²) in [5.74, 6) is 0.792. The molecule has 21 heavy (non-hydrogen) atoms. The van der Waals surface area contributed by atoms with Gasteiger partial charge in [-0.25, -0.2) is 4.99 Å². The van der Waals surface area contributed by atoms with E-state index in [0.717, 1.165) is 11.3 Å². The van der Waals surface area contributed by atoms with E-state index >= 15 is 0 Å². The van der Waals surface area contributed by atoms with Gasteiger partial charge in [-0.1, -0.05) is 30.3 Å². The molecular weight excluding hydrogens is 268 g/mol. The molecule has 0 aliphatic rings. The van der Waals surface area contributed by atoms with Crippen LogP contribution in [0.1, 0.15) is 5.56 Å². The number of hydrogen-bond acceptors (Lipinski definition) is 4. The van der Waals surface area contributed by atoms with Gasteiger partial charge in [0.05, 0.1) is 12.0 Å². The zero-order chi connectivity index (χ0) is 15.1. The van der Waals surface area contributed by atoms with Crippen LogP contribution in [0.3, 0.4) is 0 Å². The molecule has 0 aromatic heterocycles. The van der Waals surface area contributed by atoms with Gasteiger partial charge in [0.1, 0.15) is 11.4 Å². The van der Waals surface area contributed by atoms with Gasteiger partial charge in [0, 0.05) is 12.3 Å². The van der Waals surface area contributed by atoms with Crippen molar-refractivity contribution in [1.29, 1.82) is 0 Å². The lowest BCUT2D eigenvalue weighted by molar-refractivity contribution is -0.384. The molecule has 106 valence electrons. The molecule has 0 saturated carbocycles. The number of aliphatic imine (C=N–C) groups is 1. The summed E-state index contributed by atoms with van der Waals surface area (Å²) in [6.45, 7) is 0. The van der Waals surface area contributed by atoms with Gasteiger partial charge in [-0.05, 0) is 29.8 Å². The highest BCUT2D eigenvalue weighted by Gasteiger charge is 2.09. The standard InChI is InChI=1S/C16H14N2O3/c1-21-14-10-8-13(9-11-14)5-4-12-17-15-6-2-3-7-16(15)18(19)20/h2-12H,1H3. The number of allylic oxidation sites excluding steroid dienone is 1. The maximum absolute atomic E-state index is 10.8. The third-order valence-corrected chi connectivity index (χ3v) is 2.78. The molecule has 0 saturated heterocycles. The molecule has 0 unspecified atom stereocenters. The summed E-state index contributed by atoms with van der Waals surface area (Å²) in [4.78, 5) is 14.5. The van der Waals surface area contributed by atoms with Gasteiger partial charge in [0.2, 0.25) is 0 Å². The first-order chi connectivity index (χ1) is 10.2. The minimum absolute atomic E-state index is 0.00778. The Balaban J connectivity index is 2.08. The molecule has 5 heteroatoms. The van der Waals surface area contributed by atoms with Crippen molar-refractivity contribution in [2.24, 2.45) is 4.99 Å². The van der Waals surface area contributed by atoms with Crippen LogP contribution in [0, 0.1) is 10.1 Å². The highest BCUT2D eigenvalue weighted by atomic mass is 16.6. The lowest BCUT2D eigenvalue weighted by Crippen LogP contribution is -1.87. The summed E-state index contributed by atoms with van der Waals surface area (Å²) in [5.41, 5.74) is 1.32. The Bertz CT molecular complexity index is 676. The second-order valence-electron chi connectivity index (χ2n) is 4.16. The molecule has 2 rings (SSSR count). The first-order valence-corrected chi connectivity index (χ1v) is 6.29. The number of methoxy groups -OCH3 is 1. The van der Waals surface area contributed by atoms with Gasteiger partial charge in [-0.15, -0.1) is 0 Å². The summed E-state index contributed by atoms with van der Waals surface area (Å²) in [7, 11) is 1.62. The van der Waals surface area contributed by atoms with Gasteiger partial charge in [0.25, 0.3) is 5.69 Å². The summed E-state index contributed by atoms with van der Waals surface area (Å²) < 4.78 is 5.07. The fourth-order valence-electron chi connectivity index (χ4n) is 1.72. The van der Waals surface area contributed by atoms with Crippen molar-refractivity contribution >= 4 is 23.7 Å². The number of rotatable bonds is 5. The van der Waals surface area contributed by atoms with E-state index in [9.17, 15) is 10.1 Å². The lowest BCUT2D eigenvalue weighted by atomic mass is 10.2. The molecule has 0 aliphatic heterocycles.